The van der Waals surface area contributed by atoms with Gasteiger partial charge in [0.15, 0.2) is 0 Å². The van der Waals surface area contributed by atoms with Gasteiger partial charge in [0.25, 0.3) is 0 Å². The highest BCUT2D eigenvalue weighted by Crippen LogP contribution is 2.11. The van der Waals surface area contributed by atoms with Crippen LogP contribution in [0.5, 0.6) is 0 Å². The van der Waals surface area contributed by atoms with Crippen molar-refractivity contribution in [2.45, 2.75) is 6.54 Å². The number of aromatic nitrogens is 2. The summed E-state index contributed by atoms with van der Waals surface area (Å²) in [5, 5.41) is 14.0. The molecular formula is C9H10N2O. The van der Waals surface area contributed by atoms with Crippen LogP contribution in [0.15, 0.2) is 30.5 Å². The zero-order valence-electron chi connectivity index (χ0n) is 6.64. The Morgan fingerprint density at radius 3 is 3.00 bits per heavy atom. The number of benzene rings is 1. The molecule has 0 saturated carbocycles. The van der Waals surface area contributed by atoms with Gasteiger partial charge in [0.2, 0.25) is 0 Å². The van der Waals surface area contributed by atoms with Crippen molar-refractivity contribution in [2.75, 3.05) is 6.61 Å². The average molecular weight is 162 g/mol. The number of nitrogens with zero attached hydrogens (tertiary/aromatic N) is 2. The lowest BCUT2D eigenvalue weighted by Gasteiger charge is -1.98. The zero-order valence-corrected chi connectivity index (χ0v) is 6.64. The monoisotopic (exact) mass is 162 g/mol. The number of fused-ring (bicyclic) bond motifs is 1. The van der Waals surface area contributed by atoms with Crippen LogP contribution in [-0.2, 0) is 6.54 Å². The number of aliphatic hydroxyl groups excluding tert-OH is 1. The predicted molar refractivity (Wildman–Crippen MR) is 46.8 cm³/mol. The summed E-state index contributed by atoms with van der Waals surface area (Å²) in [6.45, 7) is 0.694. The molecule has 1 heterocycles. The van der Waals surface area contributed by atoms with Crippen molar-refractivity contribution < 1.29 is 5.11 Å². The van der Waals surface area contributed by atoms with Gasteiger partial charge in [-0.05, 0) is 6.07 Å². The van der Waals surface area contributed by atoms with E-state index in [1.54, 1.807) is 4.68 Å². The summed E-state index contributed by atoms with van der Waals surface area (Å²) in [5.41, 5.74) is 1.08. The molecule has 12 heavy (non-hydrogen) atoms. The van der Waals surface area contributed by atoms with E-state index in [0.717, 1.165) is 10.9 Å². The van der Waals surface area contributed by atoms with Gasteiger partial charge in [-0.3, -0.25) is 4.68 Å². The Balaban J connectivity index is 2.55. The Hall–Kier alpha value is -1.35. The number of hydrogen-bond donors (Lipinski definition) is 1. The highest BCUT2D eigenvalue weighted by atomic mass is 16.3. The molecule has 0 atom stereocenters. The average Bonchev–Trinajstić information content (AvgIpc) is 2.50. The minimum atomic E-state index is 0.131. The van der Waals surface area contributed by atoms with Crippen LogP contribution >= 0.6 is 0 Å². The van der Waals surface area contributed by atoms with E-state index in [4.69, 9.17) is 5.11 Å². The maximum Gasteiger partial charge on any atom is 0.0683 e. The smallest absolute Gasteiger partial charge is 0.0683 e. The van der Waals surface area contributed by atoms with Gasteiger partial charge in [-0.25, -0.2) is 0 Å². The summed E-state index contributed by atoms with van der Waals surface area (Å²) in [6.07, 6.45) is 1.81. The van der Waals surface area contributed by atoms with E-state index >= 15 is 0 Å². The van der Waals surface area contributed by atoms with Gasteiger partial charge in [0.1, 0.15) is 0 Å². The first kappa shape index (κ1) is 7.31. The lowest BCUT2D eigenvalue weighted by Crippen LogP contribution is -2.02. The number of aliphatic hydroxyl groups is 1. The van der Waals surface area contributed by atoms with Crippen LogP contribution in [0.1, 0.15) is 0 Å². The molecule has 0 unspecified atom stereocenters. The van der Waals surface area contributed by atoms with Crippen molar-refractivity contribution in [3.8, 4) is 0 Å². The molecule has 1 aromatic carbocycles. The molecule has 62 valence electrons. The van der Waals surface area contributed by atoms with E-state index in [9.17, 15) is 0 Å². The molecule has 0 aliphatic carbocycles. The Morgan fingerprint density at radius 1 is 1.33 bits per heavy atom. The molecular weight excluding hydrogens is 152 g/mol. The second-order valence-electron chi connectivity index (χ2n) is 2.65. The molecule has 0 fully saturated rings. The van der Waals surface area contributed by atoms with E-state index < -0.39 is 0 Å². The molecule has 1 N–H and O–H groups in total. The molecule has 0 radical (unpaired) electrons. The van der Waals surface area contributed by atoms with Gasteiger partial charge in [-0.2, -0.15) is 5.10 Å². The Kier molecular flexibility index (Phi) is 1.80. The van der Waals surface area contributed by atoms with Crippen LogP contribution in [0.4, 0.5) is 0 Å². The largest absolute Gasteiger partial charge is 0.394 e. The third kappa shape index (κ3) is 1.08. The normalized spacial score (nSPS) is 10.8. The first-order chi connectivity index (χ1) is 5.92. The summed E-state index contributed by atoms with van der Waals surface area (Å²) >= 11 is 0. The number of hydrogen-bond acceptors (Lipinski definition) is 2. The lowest BCUT2D eigenvalue weighted by molar-refractivity contribution is 0.271. The third-order valence-corrected chi connectivity index (χ3v) is 1.86. The van der Waals surface area contributed by atoms with Crippen LogP contribution in [0.2, 0.25) is 0 Å². The molecule has 1 aromatic heterocycles. The van der Waals surface area contributed by atoms with Gasteiger partial charge in [-0.1, -0.05) is 18.2 Å². The molecule has 2 rings (SSSR count). The second kappa shape index (κ2) is 2.95. The van der Waals surface area contributed by atoms with Crippen molar-refractivity contribution in [3.05, 3.63) is 30.5 Å². The summed E-state index contributed by atoms with van der Waals surface area (Å²) in [7, 11) is 0. The molecule has 0 aliphatic rings. The first-order valence-corrected chi connectivity index (χ1v) is 3.93. The molecule has 0 amide bonds. The Labute approximate surface area is 70.2 Å². The van der Waals surface area contributed by atoms with E-state index in [-0.39, 0.29) is 6.61 Å². The molecule has 0 spiro atoms. The minimum Gasteiger partial charge on any atom is -0.394 e. The van der Waals surface area contributed by atoms with Gasteiger partial charge >= 0.3 is 0 Å². The maximum absolute atomic E-state index is 8.74. The van der Waals surface area contributed by atoms with Crippen molar-refractivity contribution in [2.24, 2.45) is 0 Å². The fourth-order valence-electron chi connectivity index (χ4n) is 1.30. The number of para-hydroxylation sites is 1. The van der Waals surface area contributed by atoms with E-state index in [1.807, 2.05) is 30.5 Å². The standard InChI is InChI=1S/C9H10N2O/c12-6-5-11-9-4-2-1-3-8(9)7-10-11/h1-4,7,12H,5-6H2. The van der Waals surface area contributed by atoms with Gasteiger partial charge in [-0.15, -0.1) is 0 Å². The van der Waals surface area contributed by atoms with Crippen molar-refractivity contribution >= 4 is 10.9 Å². The number of rotatable bonds is 2. The summed E-state index contributed by atoms with van der Waals surface area (Å²) < 4.78 is 1.80. The fourth-order valence-corrected chi connectivity index (χ4v) is 1.30. The summed E-state index contributed by atoms with van der Waals surface area (Å²) in [5.74, 6) is 0. The van der Waals surface area contributed by atoms with E-state index in [0.29, 0.717) is 6.54 Å². The molecule has 3 nitrogen and oxygen atoms in total. The van der Waals surface area contributed by atoms with Crippen molar-refractivity contribution in [3.63, 3.8) is 0 Å². The molecule has 0 bridgehead atoms. The summed E-state index contributed by atoms with van der Waals surface area (Å²) in [4.78, 5) is 0. The maximum atomic E-state index is 8.74. The SMILES string of the molecule is OCCn1ncc2ccccc21. The van der Waals surface area contributed by atoms with Crippen LogP contribution in [0, 0.1) is 0 Å². The molecule has 3 heteroatoms. The second-order valence-corrected chi connectivity index (χ2v) is 2.65. The van der Waals surface area contributed by atoms with E-state index in [2.05, 4.69) is 5.10 Å². The first-order valence-electron chi connectivity index (χ1n) is 3.93. The Bertz CT molecular complexity index is 381. The topological polar surface area (TPSA) is 38.0 Å². The summed E-state index contributed by atoms with van der Waals surface area (Å²) in [6, 6.07) is 7.96. The molecule has 0 saturated heterocycles. The van der Waals surface area contributed by atoms with Gasteiger partial charge in [0, 0.05) is 5.39 Å². The van der Waals surface area contributed by atoms with Crippen LogP contribution < -0.4 is 0 Å². The van der Waals surface area contributed by atoms with Crippen LogP contribution in [0.3, 0.4) is 0 Å². The van der Waals surface area contributed by atoms with Gasteiger partial charge < -0.3 is 5.11 Å². The Morgan fingerprint density at radius 2 is 2.17 bits per heavy atom. The fraction of sp³-hybridized carbons (Fsp3) is 0.222. The minimum absolute atomic E-state index is 0.131. The highest BCUT2D eigenvalue weighted by molar-refractivity contribution is 5.78. The van der Waals surface area contributed by atoms with E-state index in [1.165, 1.54) is 0 Å². The third-order valence-electron chi connectivity index (χ3n) is 1.86. The highest BCUT2D eigenvalue weighted by Gasteiger charge is 1.98. The van der Waals surface area contributed by atoms with Crippen molar-refractivity contribution in [1.82, 2.24) is 9.78 Å². The van der Waals surface area contributed by atoms with Gasteiger partial charge in [0.05, 0.1) is 24.9 Å². The lowest BCUT2D eigenvalue weighted by atomic mass is 10.3. The van der Waals surface area contributed by atoms with Crippen LogP contribution in [0.25, 0.3) is 10.9 Å². The molecule has 2 aromatic rings. The quantitative estimate of drug-likeness (QED) is 0.716. The van der Waals surface area contributed by atoms with Crippen molar-refractivity contribution in [1.29, 1.82) is 0 Å². The van der Waals surface area contributed by atoms with Crippen LogP contribution in [-0.4, -0.2) is 21.5 Å². The predicted octanol–water partition coefficient (Wildman–Crippen LogP) is 1.03. The molecule has 0 aliphatic heterocycles. The zero-order chi connectivity index (χ0) is 8.39.